The normalized spacial score (nSPS) is 10.8. The molecule has 0 fully saturated rings. The first kappa shape index (κ1) is 12.8. The second kappa shape index (κ2) is 6.31. The van der Waals surface area contributed by atoms with E-state index in [0.29, 0.717) is 0 Å². The summed E-state index contributed by atoms with van der Waals surface area (Å²) in [5.41, 5.74) is 3.67. The van der Waals surface area contributed by atoms with Crippen molar-refractivity contribution in [3.8, 4) is 0 Å². The van der Waals surface area contributed by atoms with Crippen molar-refractivity contribution >= 4 is 0 Å². The van der Waals surface area contributed by atoms with E-state index >= 15 is 0 Å². The minimum absolute atomic E-state index is 0.850. The SMILES string of the molecule is CCc1cc(CNCc2ccncc2)n(CC)n1. The smallest absolute Gasteiger partial charge is 0.0625 e. The van der Waals surface area contributed by atoms with Crippen LogP contribution in [-0.2, 0) is 26.1 Å². The van der Waals surface area contributed by atoms with Crippen LogP contribution in [0.25, 0.3) is 0 Å². The van der Waals surface area contributed by atoms with Crippen LogP contribution in [0.3, 0.4) is 0 Å². The van der Waals surface area contributed by atoms with Gasteiger partial charge in [-0.25, -0.2) is 0 Å². The van der Waals surface area contributed by atoms with Crippen molar-refractivity contribution in [1.82, 2.24) is 20.1 Å². The Balaban J connectivity index is 1.92. The molecule has 18 heavy (non-hydrogen) atoms. The summed E-state index contributed by atoms with van der Waals surface area (Å²) >= 11 is 0. The molecule has 96 valence electrons. The van der Waals surface area contributed by atoms with Crippen molar-refractivity contribution < 1.29 is 0 Å². The highest BCUT2D eigenvalue weighted by Gasteiger charge is 2.04. The Labute approximate surface area is 108 Å². The number of hydrogen-bond acceptors (Lipinski definition) is 3. The molecule has 0 aliphatic heterocycles. The van der Waals surface area contributed by atoms with Gasteiger partial charge in [0.15, 0.2) is 0 Å². The molecule has 0 saturated carbocycles. The first-order valence-electron chi connectivity index (χ1n) is 6.48. The molecule has 0 aromatic carbocycles. The molecule has 0 atom stereocenters. The molecule has 0 saturated heterocycles. The Morgan fingerprint density at radius 3 is 2.61 bits per heavy atom. The summed E-state index contributed by atoms with van der Waals surface area (Å²) < 4.78 is 2.07. The molecule has 0 radical (unpaired) electrons. The van der Waals surface area contributed by atoms with Gasteiger partial charge in [-0.15, -0.1) is 0 Å². The van der Waals surface area contributed by atoms with Crippen molar-refractivity contribution in [1.29, 1.82) is 0 Å². The van der Waals surface area contributed by atoms with Crippen LogP contribution in [-0.4, -0.2) is 14.8 Å². The van der Waals surface area contributed by atoms with E-state index in [-0.39, 0.29) is 0 Å². The quantitative estimate of drug-likeness (QED) is 0.846. The predicted octanol–water partition coefficient (Wildman–Crippen LogP) is 2.15. The van der Waals surface area contributed by atoms with E-state index in [1.807, 2.05) is 24.5 Å². The lowest BCUT2D eigenvalue weighted by Crippen LogP contribution is -2.16. The third-order valence-corrected chi connectivity index (χ3v) is 2.96. The van der Waals surface area contributed by atoms with Crippen molar-refractivity contribution in [2.75, 3.05) is 0 Å². The van der Waals surface area contributed by atoms with Gasteiger partial charge in [0.1, 0.15) is 0 Å². The maximum atomic E-state index is 4.54. The standard InChI is InChI=1S/C14H20N4/c1-3-13-9-14(18(4-2)17-13)11-16-10-12-5-7-15-8-6-12/h5-9,16H,3-4,10-11H2,1-2H3. The van der Waals surface area contributed by atoms with Crippen molar-refractivity contribution in [3.05, 3.63) is 47.5 Å². The Kier molecular flexibility index (Phi) is 4.47. The third-order valence-electron chi connectivity index (χ3n) is 2.96. The maximum Gasteiger partial charge on any atom is 0.0625 e. The highest BCUT2D eigenvalue weighted by atomic mass is 15.3. The van der Waals surface area contributed by atoms with Gasteiger partial charge in [-0.05, 0) is 37.1 Å². The Hall–Kier alpha value is -1.68. The maximum absolute atomic E-state index is 4.54. The van der Waals surface area contributed by atoms with Crippen molar-refractivity contribution in [2.45, 2.75) is 39.9 Å². The Morgan fingerprint density at radius 2 is 1.94 bits per heavy atom. The van der Waals surface area contributed by atoms with E-state index in [4.69, 9.17) is 0 Å². The average molecular weight is 244 g/mol. The van der Waals surface area contributed by atoms with E-state index in [1.165, 1.54) is 11.3 Å². The van der Waals surface area contributed by atoms with Crippen molar-refractivity contribution in [2.24, 2.45) is 0 Å². The molecule has 0 unspecified atom stereocenters. The lowest BCUT2D eigenvalue weighted by Gasteiger charge is -2.06. The number of rotatable bonds is 6. The van der Waals surface area contributed by atoms with Gasteiger partial charge in [-0.2, -0.15) is 5.10 Å². The van der Waals surface area contributed by atoms with Gasteiger partial charge < -0.3 is 5.32 Å². The van der Waals surface area contributed by atoms with Gasteiger partial charge in [0.05, 0.1) is 11.4 Å². The van der Waals surface area contributed by atoms with Crippen molar-refractivity contribution in [3.63, 3.8) is 0 Å². The number of nitrogens with one attached hydrogen (secondary N) is 1. The van der Waals surface area contributed by atoms with E-state index < -0.39 is 0 Å². The third kappa shape index (κ3) is 3.17. The van der Waals surface area contributed by atoms with E-state index in [9.17, 15) is 0 Å². The molecule has 2 heterocycles. The fourth-order valence-electron chi connectivity index (χ4n) is 1.94. The first-order chi connectivity index (χ1) is 8.83. The molecule has 0 spiro atoms. The lowest BCUT2D eigenvalue weighted by atomic mass is 10.2. The number of pyridine rings is 1. The van der Waals surface area contributed by atoms with Crippen LogP contribution in [0.1, 0.15) is 30.8 Å². The van der Waals surface area contributed by atoms with Crippen LogP contribution in [0.4, 0.5) is 0 Å². The fraction of sp³-hybridized carbons (Fsp3) is 0.429. The zero-order chi connectivity index (χ0) is 12.8. The van der Waals surface area contributed by atoms with Crippen LogP contribution in [0.2, 0.25) is 0 Å². The average Bonchev–Trinajstić information content (AvgIpc) is 2.82. The molecule has 4 nitrogen and oxygen atoms in total. The molecule has 4 heteroatoms. The zero-order valence-electron chi connectivity index (χ0n) is 11.1. The fourth-order valence-corrected chi connectivity index (χ4v) is 1.94. The molecule has 1 N–H and O–H groups in total. The molecule has 0 aliphatic rings. The number of aryl methyl sites for hydroxylation is 2. The van der Waals surface area contributed by atoms with Gasteiger partial charge in [-0.3, -0.25) is 9.67 Å². The van der Waals surface area contributed by atoms with Gasteiger partial charge in [0.2, 0.25) is 0 Å². The monoisotopic (exact) mass is 244 g/mol. The summed E-state index contributed by atoms with van der Waals surface area (Å²) in [6, 6.07) is 6.24. The second-order valence-electron chi connectivity index (χ2n) is 4.26. The van der Waals surface area contributed by atoms with Gasteiger partial charge in [0, 0.05) is 32.0 Å². The highest BCUT2D eigenvalue weighted by molar-refractivity contribution is 5.12. The highest BCUT2D eigenvalue weighted by Crippen LogP contribution is 2.06. The second-order valence-corrected chi connectivity index (χ2v) is 4.26. The molecule has 0 aliphatic carbocycles. The Bertz CT molecular complexity index is 476. The van der Waals surface area contributed by atoms with E-state index in [2.05, 4.69) is 40.0 Å². The molecule has 2 aromatic rings. The Morgan fingerprint density at radius 1 is 1.17 bits per heavy atom. The summed E-state index contributed by atoms with van der Waals surface area (Å²) in [4.78, 5) is 4.01. The summed E-state index contributed by atoms with van der Waals surface area (Å²) in [6.07, 6.45) is 4.63. The molecular formula is C14H20N4. The molecule has 0 bridgehead atoms. The summed E-state index contributed by atoms with van der Waals surface area (Å²) in [5, 5.41) is 7.98. The summed E-state index contributed by atoms with van der Waals surface area (Å²) in [5.74, 6) is 0. The largest absolute Gasteiger partial charge is 0.307 e. The predicted molar refractivity (Wildman–Crippen MR) is 72.1 cm³/mol. The van der Waals surface area contributed by atoms with E-state index in [1.54, 1.807) is 0 Å². The zero-order valence-corrected chi connectivity index (χ0v) is 11.1. The number of hydrogen-bond donors (Lipinski definition) is 1. The molecule has 2 rings (SSSR count). The van der Waals surface area contributed by atoms with Gasteiger partial charge in [-0.1, -0.05) is 6.92 Å². The molecule has 2 aromatic heterocycles. The number of aromatic nitrogens is 3. The van der Waals surface area contributed by atoms with Crippen LogP contribution in [0.15, 0.2) is 30.6 Å². The first-order valence-corrected chi connectivity index (χ1v) is 6.48. The summed E-state index contributed by atoms with van der Waals surface area (Å²) in [6.45, 7) is 6.89. The minimum atomic E-state index is 0.850. The van der Waals surface area contributed by atoms with Gasteiger partial charge >= 0.3 is 0 Å². The van der Waals surface area contributed by atoms with Crippen LogP contribution in [0.5, 0.6) is 0 Å². The minimum Gasteiger partial charge on any atom is -0.307 e. The van der Waals surface area contributed by atoms with Crippen LogP contribution < -0.4 is 5.32 Å². The lowest BCUT2D eigenvalue weighted by molar-refractivity contribution is 0.577. The topological polar surface area (TPSA) is 42.7 Å². The molecule has 0 amide bonds. The van der Waals surface area contributed by atoms with Crippen LogP contribution in [0, 0.1) is 0 Å². The summed E-state index contributed by atoms with van der Waals surface area (Å²) in [7, 11) is 0. The van der Waals surface area contributed by atoms with Gasteiger partial charge in [0.25, 0.3) is 0 Å². The molecular weight excluding hydrogens is 224 g/mol. The van der Waals surface area contributed by atoms with E-state index in [0.717, 1.165) is 31.7 Å². The number of nitrogens with zero attached hydrogens (tertiary/aromatic N) is 3. The van der Waals surface area contributed by atoms with Crippen LogP contribution >= 0.6 is 0 Å².